The van der Waals surface area contributed by atoms with Crippen LogP contribution in [0.5, 0.6) is 5.75 Å². The van der Waals surface area contributed by atoms with Crippen molar-refractivity contribution in [3.63, 3.8) is 0 Å². The van der Waals surface area contributed by atoms with Crippen LogP contribution in [0.25, 0.3) is 0 Å². The molecule has 2 fully saturated rings. The third-order valence-electron chi connectivity index (χ3n) is 5.33. The van der Waals surface area contributed by atoms with Gasteiger partial charge in [-0.15, -0.1) is 12.4 Å². The number of carbonyl (C=O) groups excluding carboxylic acids is 1. The zero-order chi connectivity index (χ0) is 20.2. The third-order valence-corrected chi connectivity index (χ3v) is 5.33. The molecule has 5 nitrogen and oxygen atoms in total. The molecule has 2 aromatic carbocycles. The number of hydrogen-bond donors (Lipinski definition) is 1. The molecule has 2 atom stereocenters. The van der Waals surface area contributed by atoms with Crippen molar-refractivity contribution in [3.8, 4) is 5.75 Å². The highest BCUT2D eigenvalue weighted by atomic mass is 35.5. The average molecular weight is 439 g/mol. The van der Waals surface area contributed by atoms with Gasteiger partial charge in [0.25, 0.3) is 0 Å². The van der Waals surface area contributed by atoms with E-state index < -0.39 is 11.6 Å². The fourth-order valence-electron chi connectivity index (χ4n) is 3.64. The number of ether oxygens (including phenoxy) is 2. The summed E-state index contributed by atoms with van der Waals surface area (Å²) in [6.45, 7) is 2.73. The molecular weight excluding hydrogens is 414 g/mol. The molecule has 1 N–H and O–H groups in total. The minimum absolute atomic E-state index is 0. The fraction of sp³-hybridized carbons (Fsp3) is 0.409. The van der Waals surface area contributed by atoms with E-state index >= 15 is 0 Å². The van der Waals surface area contributed by atoms with Gasteiger partial charge in [-0.1, -0.05) is 30.3 Å². The van der Waals surface area contributed by atoms with E-state index in [0.717, 1.165) is 11.6 Å². The Hall–Kier alpha value is -2.22. The predicted molar refractivity (Wildman–Crippen MR) is 111 cm³/mol. The molecule has 162 valence electrons. The minimum atomic E-state index is -0.703. The first-order chi connectivity index (χ1) is 14.1. The van der Waals surface area contributed by atoms with Crippen molar-refractivity contribution < 1.29 is 23.0 Å². The van der Waals surface area contributed by atoms with Crippen LogP contribution in [0.15, 0.2) is 42.5 Å². The van der Waals surface area contributed by atoms with Gasteiger partial charge in [0.1, 0.15) is 12.4 Å². The Bertz CT molecular complexity index is 863. The number of carbonyl (C=O) groups is 1. The molecule has 0 spiro atoms. The van der Waals surface area contributed by atoms with E-state index in [1.165, 1.54) is 6.07 Å². The molecule has 8 heteroatoms. The van der Waals surface area contributed by atoms with Crippen molar-refractivity contribution in [1.29, 1.82) is 0 Å². The van der Waals surface area contributed by atoms with Crippen molar-refractivity contribution >= 4 is 18.3 Å². The Balaban J connectivity index is 0.00000256. The SMILES string of the molecule is Cl.O=C(CN[C@@H]1C[C@H]1c1cc(F)cc(F)c1OCc1ccccc1)N1CCOCC1. The first-order valence-corrected chi connectivity index (χ1v) is 9.86. The maximum atomic E-state index is 14.4. The second kappa shape index (κ2) is 10.2. The average Bonchev–Trinajstić information content (AvgIpc) is 3.52. The lowest BCUT2D eigenvalue weighted by molar-refractivity contribution is -0.134. The quantitative estimate of drug-likeness (QED) is 0.721. The summed E-state index contributed by atoms with van der Waals surface area (Å²) in [6.07, 6.45) is 0.709. The van der Waals surface area contributed by atoms with E-state index in [1.807, 2.05) is 30.3 Å². The number of nitrogens with zero attached hydrogens (tertiary/aromatic N) is 1. The normalized spacial score (nSPS) is 20.4. The van der Waals surface area contributed by atoms with E-state index in [4.69, 9.17) is 9.47 Å². The molecule has 1 aliphatic heterocycles. The zero-order valence-electron chi connectivity index (χ0n) is 16.5. The highest BCUT2D eigenvalue weighted by Crippen LogP contribution is 2.46. The molecule has 2 aliphatic rings. The highest BCUT2D eigenvalue weighted by molar-refractivity contribution is 5.85. The lowest BCUT2D eigenvalue weighted by atomic mass is 10.1. The second-order valence-electron chi connectivity index (χ2n) is 7.40. The molecule has 2 aromatic rings. The van der Waals surface area contributed by atoms with Crippen LogP contribution in [-0.4, -0.2) is 49.7 Å². The van der Waals surface area contributed by atoms with Crippen LogP contribution in [-0.2, 0) is 16.1 Å². The number of hydrogen-bond acceptors (Lipinski definition) is 4. The van der Waals surface area contributed by atoms with Crippen LogP contribution >= 0.6 is 12.4 Å². The topological polar surface area (TPSA) is 50.8 Å². The number of benzene rings is 2. The van der Waals surface area contributed by atoms with E-state index in [1.54, 1.807) is 4.90 Å². The number of rotatable bonds is 7. The molecule has 0 aromatic heterocycles. The summed E-state index contributed by atoms with van der Waals surface area (Å²) in [6, 6.07) is 11.6. The number of morpholine rings is 1. The Kier molecular flexibility index (Phi) is 7.64. The summed E-state index contributed by atoms with van der Waals surface area (Å²) in [5.74, 6) is -1.30. The van der Waals surface area contributed by atoms with Crippen molar-refractivity contribution in [2.45, 2.75) is 25.0 Å². The molecule has 1 saturated carbocycles. The fourth-order valence-corrected chi connectivity index (χ4v) is 3.64. The lowest BCUT2D eigenvalue weighted by Gasteiger charge is -2.27. The van der Waals surface area contributed by atoms with Crippen LogP contribution < -0.4 is 10.1 Å². The molecule has 1 aliphatic carbocycles. The predicted octanol–water partition coefficient (Wildman–Crippen LogP) is 3.27. The molecule has 1 heterocycles. The molecule has 4 rings (SSSR count). The van der Waals surface area contributed by atoms with Crippen LogP contribution in [0.1, 0.15) is 23.5 Å². The smallest absolute Gasteiger partial charge is 0.236 e. The minimum Gasteiger partial charge on any atom is -0.486 e. The summed E-state index contributed by atoms with van der Waals surface area (Å²) in [7, 11) is 0. The zero-order valence-corrected chi connectivity index (χ0v) is 17.3. The Morgan fingerprint density at radius 2 is 1.90 bits per heavy atom. The van der Waals surface area contributed by atoms with E-state index in [2.05, 4.69) is 5.32 Å². The number of amides is 1. The van der Waals surface area contributed by atoms with Crippen LogP contribution in [0, 0.1) is 11.6 Å². The summed E-state index contributed by atoms with van der Waals surface area (Å²) >= 11 is 0. The largest absolute Gasteiger partial charge is 0.486 e. The molecule has 0 bridgehead atoms. The number of halogens is 3. The Labute approximate surface area is 180 Å². The van der Waals surface area contributed by atoms with Crippen molar-refractivity contribution in [2.75, 3.05) is 32.8 Å². The van der Waals surface area contributed by atoms with Crippen molar-refractivity contribution in [3.05, 3.63) is 65.2 Å². The third kappa shape index (κ3) is 5.47. The van der Waals surface area contributed by atoms with Gasteiger partial charge in [0.05, 0.1) is 19.8 Å². The van der Waals surface area contributed by atoms with Gasteiger partial charge in [-0.25, -0.2) is 8.78 Å². The van der Waals surface area contributed by atoms with Gasteiger partial charge in [0.2, 0.25) is 5.91 Å². The molecule has 30 heavy (non-hydrogen) atoms. The van der Waals surface area contributed by atoms with E-state index in [-0.39, 0.29) is 49.2 Å². The van der Waals surface area contributed by atoms with Gasteiger partial charge in [-0.05, 0) is 18.1 Å². The van der Waals surface area contributed by atoms with Gasteiger partial charge in [0.15, 0.2) is 11.6 Å². The summed E-state index contributed by atoms with van der Waals surface area (Å²) in [4.78, 5) is 14.0. The van der Waals surface area contributed by atoms with Crippen LogP contribution in [0.4, 0.5) is 8.78 Å². The van der Waals surface area contributed by atoms with Gasteiger partial charge < -0.3 is 19.7 Å². The monoisotopic (exact) mass is 438 g/mol. The molecule has 1 amide bonds. The van der Waals surface area contributed by atoms with Crippen LogP contribution in [0.3, 0.4) is 0 Å². The lowest BCUT2D eigenvalue weighted by Crippen LogP contribution is -2.45. The Morgan fingerprint density at radius 1 is 1.17 bits per heavy atom. The van der Waals surface area contributed by atoms with Gasteiger partial charge >= 0.3 is 0 Å². The van der Waals surface area contributed by atoms with Crippen molar-refractivity contribution in [1.82, 2.24) is 10.2 Å². The van der Waals surface area contributed by atoms with Gasteiger partial charge in [0, 0.05) is 36.7 Å². The standard InChI is InChI=1S/C22H24F2N2O3.ClH/c23-16-10-18(22(19(24)11-16)29-14-15-4-2-1-3-5-15)17-12-20(17)25-13-21(27)26-6-8-28-9-7-26;/h1-5,10-11,17,20,25H,6-9,12-14H2;1H/t17-,20+;/m0./s1. The second-order valence-corrected chi connectivity index (χ2v) is 7.40. The molecular formula is C22H25ClF2N2O3. The first-order valence-electron chi connectivity index (χ1n) is 9.86. The molecule has 0 radical (unpaired) electrons. The summed E-state index contributed by atoms with van der Waals surface area (Å²) in [5.41, 5.74) is 1.42. The van der Waals surface area contributed by atoms with Crippen molar-refractivity contribution in [2.24, 2.45) is 0 Å². The highest BCUT2D eigenvalue weighted by Gasteiger charge is 2.41. The summed E-state index contributed by atoms with van der Waals surface area (Å²) < 4.78 is 39.3. The maximum Gasteiger partial charge on any atom is 0.236 e. The van der Waals surface area contributed by atoms with Gasteiger partial charge in [-0.2, -0.15) is 0 Å². The number of nitrogens with one attached hydrogen (secondary N) is 1. The molecule has 0 unspecified atom stereocenters. The van der Waals surface area contributed by atoms with Crippen LogP contribution in [0.2, 0.25) is 0 Å². The van der Waals surface area contributed by atoms with Gasteiger partial charge in [-0.3, -0.25) is 4.79 Å². The maximum absolute atomic E-state index is 14.4. The van der Waals surface area contributed by atoms with E-state index in [9.17, 15) is 13.6 Å². The molecule has 1 saturated heterocycles. The first kappa shape index (κ1) is 22.5. The summed E-state index contributed by atoms with van der Waals surface area (Å²) in [5, 5.41) is 3.21. The Morgan fingerprint density at radius 3 is 2.63 bits per heavy atom. The van der Waals surface area contributed by atoms with E-state index in [0.29, 0.717) is 38.3 Å².